The standard InChI is InChI=1S/C20H18ClN3O2/c1-11-5-16(26-2)18(17-15(21)8-23-19(11)17)20(25)24-9-13-4-3-12(7-22)6-14(13)10-24/h3-6,8,20,23,25H,9-10H2,1-2H3. The van der Waals surface area contributed by atoms with Crippen molar-refractivity contribution in [3.05, 3.63) is 63.3 Å². The molecule has 3 aromatic rings. The third-order valence-corrected chi connectivity index (χ3v) is 5.31. The SMILES string of the molecule is COc1cc(C)c2[nH]cc(Cl)c2c1C(O)N1Cc2ccc(C#N)cc2C1. The van der Waals surface area contributed by atoms with Crippen LogP contribution in [-0.4, -0.2) is 22.1 Å². The highest BCUT2D eigenvalue weighted by atomic mass is 35.5. The third kappa shape index (κ3) is 2.55. The zero-order valence-electron chi connectivity index (χ0n) is 14.5. The highest BCUT2D eigenvalue weighted by Crippen LogP contribution is 2.42. The van der Waals surface area contributed by atoms with Gasteiger partial charge in [-0.2, -0.15) is 5.26 Å². The normalized spacial score (nSPS) is 15.0. The molecular weight excluding hydrogens is 350 g/mol. The number of aliphatic hydroxyl groups is 1. The quantitative estimate of drug-likeness (QED) is 0.733. The van der Waals surface area contributed by atoms with Crippen molar-refractivity contribution >= 4 is 22.5 Å². The van der Waals surface area contributed by atoms with Crippen LogP contribution in [0.1, 0.15) is 34.0 Å². The molecule has 6 heteroatoms. The number of benzene rings is 2. The maximum Gasteiger partial charge on any atom is 0.138 e. The first-order chi connectivity index (χ1) is 12.5. The van der Waals surface area contributed by atoms with E-state index < -0.39 is 6.23 Å². The Balaban J connectivity index is 1.78. The van der Waals surface area contributed by atoms with Crippen molar-refractivity contribution in [1.82, 2.24) is 9.88 Å². The van der Waals surface area contributed by atoms with Crippen LogP contribution in [0.4, 0.5) is 0 Å². The van der Waals surface area contributed by atoms with E-state index in [1.807, 2.05) is 36.1 Å². The Morgan fingerprint density at radius 1 is 1.31 bits per heavy atom. The van der Waals surface area contributed by atoms with Gasteiger partial charge in [0, 0.05) is 30.2 Å². The number of methoxy groups -OCH3 is 1. The summed E-state index contributed by atoms with van der Waals surface area (Å²) in [6, 6.07) is 9.71. The van der Waals surface area contributed by atoms with Gasteiger partial charge in [0.2, 0.25) is 0 Å². The fourth-order valence-corrected chi connectivity index (χ4v) is 3.97. The third-order valence-electron chi connectivity index (χ3n) is 5.02. The lowest BCUT2D eigenvalue weighted by Gasteiger charge is -2.25. The molecule has 1 aliphatic rings. The van der Waals surface area contributed by atoms with E-state index in [0.29, 0.717) is 35.0 Å². The number of hydrogen-bond donors (Lipinski definition) is 2. The zero-order valence-corrected chi connectivity index (χ0v) is 15.3. The summed E-state index contributed by atoms with van der Waals surface area (Å²) in [6.07, 6.45) is 0.853. The van der Waals surface area contributed by atoms with Crippen LogP contribution in [-0.2, 0) is 13.1 Å². The van der Waals surface area contributed by atoms with Gasteiger partial charge in [0.1, 0.15) is 12.0 Å². The van der Waals surface area contributed by atoms with E-state index in [2.05, 4.69) is 11.1 Å². The summed E-state index contributed by atoms with van der Waals surface area (Å²) in [4.78, 5) is 5.12. The lowest BCUT2D eigenvalue weighted by Crippen LogP contribution is -2.23. The molecule has 1 aromatic heterocycles. The van der Waals surface area contributed by atoms with Crippen LogP contribution in [0, 0.1) is 18.3 Å². The molecule has 132 valence electrons. The van der Waals surface area contributed by atoms with Gasteiger partial charge in [-0.05, 0) is 41.8 Å². The largest absolute Gasteiger partial charge is 0.496 e. The van der Waals surface area contributed by atoms with Gasteiger partial charge < -0.3 is 14.8 Å². The Bertz CT molecular complexity index is 1050. The van der Waals surface area contributed by atoms with Crippen LogP contribution >= 0.6 is 11.6 Å². The topological polar surface area (TPSA) is 72.3 Å². The van der Waals surface area contributed by atoms with E-state index in [-0.39, 0.29) is 0 Å². The molecule has 1 atom stereocenters. The van der Waals surface area contributed by atoms with Gasteiger partial charge in [-0.1, -0.05) is 17.7 Å². The van der Waals surface area contributed by atoms with Crippen molar-refractivity contribution < 1.29 is 9.84 Å². The minimum Gasteiger partial charge on any atom is -0.496 e. The molecule has 0 bridgehead atoms. The van der Waals surface area contributed by atoms with Crippen molar-refractivity contribution in [2.75, 3.05) is 7.11 Å². The molecular formula is C20H18ClN3O2. The average Bonchev–Trinajstić information content (AvgIpc) is 3.24. The van der Waals surface area contributed by atoms with Crippen molar-refractivity contribution in [2.45, 2.75) is 26.2 Å². The van der Waals surface area contributed by atoms with Crippen LogP contribution in [0.5, 0.6) is 5.75 Å². The van der Waals surface area contributed by atoms with Gasteiger partial charge in [-0.3, -0.25) is 4.90 Å². The van der Waals surface area contributed by atoms with Gasteiger partial charge in [0.25, 0.3) is 0 Å². The van der Waals surface area contributed by atoms with Gasteiger partial charge in [0.15, 0.2) is 0 Å². The van der Waals surface area contributed by atoms with Crippen LogP contribution in [0.2, 0.25) is 5.02 Å². The number of H-pyrrole nitrogens is 1. The average molecular weight is 368 g/mol. The maximum absolute atomic E-state index is 11.2. The molecule has 0 saturated heterocycles. The fraction of sp³-hybridized carbons (Fsp3) is 0.250. The first-order valence-corrected chi connectivity index (χ1v) is 8.69. The summed E-state index contributed by atoms with van der Waals surface area (Å²) in [5.74, 6) is 0.609. The smallest absolute Gasteiger partial charge is 0.138 e. The zero-order chi connectivity index (χ0) is 18.4. The first-order valence-electron chi connectivity index (χ1n) is 8.31. The Hall–Kier alpha value is -2.52. The van der Waals surface area contributed by atoms with Crippen LogP contribution in [0.25, 0.3) is 10.9 Å². The number of nitriles is 1. The number of nitrogens with one attached hydrogen (secondary N) is 1. The van der Waals surface area contributed by atoms with E-state index in [9.17, 15) is 5.11 Å². The number of halogens is 1. The summed E-state index contributed by atoms with van der Waals surface area (Å²) in [5, 5.41) is 21.6. The summed E-state index contributed by atoms with van der Waals surface area (Å²) >= 11 is 6.41. The fourth-order valence-electron chi connectivity index (χ4n) is 3.71. The minimum atomic E-state index is -0.876. The molecule has 0 amide bonds. The first kappa shape index (κ1) is 16.9. The summed E-state index contributed by atoms with van der Waals surface area (Å²) in [5.41, 5.74) is 5.37. The number of aryl methyl sites for hydroxylation is 1. The summed E-state index contributed by atoms with van der Waals surface area (Å²) in [7, 11) is 1.59. The van der Waals surface area contributed by atoms with Gasteiger partial charge in [-0.25, -0.2) is 0 Å². The number of aromatic nitrogens is 1. The van der Waals surface area contributed by atoms with Crippen molar-refractivity contribution in [1.29, 1.82) is 5.26 Å². The number of hydrogen-bond acceptors (Lipinski definition) is 4. The molecule has 0 aliphatic carbocycles. The molecule has 2 aromatic carbocycles. The highest BCUT2D eigenvalue weighted by molar-refractivity contribution is 6.36. The second-order valence-electron chi connectivity index (χ2n) is 6.57. The predicted octanol–water partition coefficient (Wildman–Crippen LogP) is 4.02. The van der Waals surface area contributed by atoms with Crippen LogP contribution in [0.15, 0.2) is 30.5 Å². The molecule has 4 rings (SSSR count). The molecule has 0 radical (unpaired) electrons. The van der Waals surface area contributed by atoms with E-state index in [1.54, 1.807) is 13.3 Å². The monoisotopic (exact) mass is 367 g/mol. The lowest BCUT2D eigenvalue weighted by molar-refractivity contribution is -0.00215. The molecule has 5 nitrogen and oxygen atoms in total. The molecule has 2 N–H and O–H groups in total. The Labute approximate surface area is 156 Å². The Morgan fingerprint density at radius 3 is 2.81 bits per heavy atom. The Kier molecular flexibility index (Phi) is 4.12. The maximum atomic E-state index is 11.2. The van der Waals surface area contributed by atoms with E-state index in [1.165, 1.54) is 0 Å². The van der Waals surface area contributed by atoms with Crippen LogP contribution < -0.4 is 4.74 Å². The van der Waals surface area contributed by atoms with Gasteiger partial charge >= 0.3 is 0 Å². The number of nitrogens with zero attached hydrogens (tertiary/aromatic N) is 2. The molecule has 0 spiro atoms. The van der Waals surface area contributed by atoms with E-state index in [4.69, 9.17) is 21.6 Å². The van der Waals surface area contributed by atoms with Crippen molar-refractivity contribution in [3.63, 3.8) is 0 Å². The summed E-state index contributed by atoms with van der Waals surface area (Å²) in [6.45, 7) is 3.14. The van der Waals surface area contributed by atoms with E-state index >= 15 is 0 Å². The Morgan fingerprint density at radius 2 is 2.08 bits per heavy atom. The lowest BCUT2D eigenvalue weighted by atomic mass is 10.0. The van der Waals surface area contributed by atoms with Gasteiger partial charge in [0.05, 0.1) is 29.3 Å². The number of ether oxygens (including phenoxy) is 1. The van der Waals surface area contributed by atoms with Crippen molar-refractivity contribution in [2.24, 2.45) is 0 Å². The highest BCUT2D eigenvalue weighted by Gasteiger charge is 2.30. The molecule has 26 heavy (non-hydrogen) atoms. The molecule has 1 aliphatic heterocycles. The second kappa shape index (κ2) is 6.33. The number of aliphatic hydroxyl groups excluding tert-OH is 1. The number of fused-ring (bicyclic) bond motifs is 2. The molecule has 0 saturated carbocycles. The minimum absolute atomic E-state index is 0.555. The van der Waals surface area contributed by atoms with E-state index in [0.717, 1.165) is 27.6 Å². The predicted molar refractivity (Wildman–Crippen MR) is 100.0 cm³/mol. The van der Waals surface area contributed by atoms with Crippen LogP contribution in [0.3, 0.4) is 0 Å². The summed E-state index contributed by atoms with van der Waals surface area (Å²) < 4.78 is 5.55. The molecule has 2 heterocycles. The number of aromatic amines is 1. The molecule has 1 unspecified atom stereocenters. The second-order valence-corrected chi connectivity index (χ2v) is 6.98. The van der Waals surface area contributed by atoms with Crippen molar-refractivity contribution in [3.8, 4) is 11.8 Å². The number of rotatable bonds is 3. The molecule has 0 fully saturated rings. The van der Waals surface area contributed by atoms with Gasteiger partial charge in [-0.15, -0.1) is 0 Å².